The first kappa shape index (κ1) is 18.8. The van der Waals surface area contributed by atoms with Gasteiger partial charge in [-0.1, -0.05) is 17.7 Å². The lowest BCUT2D eigenvalue weighted by Crippen LogP contribution is -2.44. The molecular weight excluding hydrogens is 481 g/mol. The molecule has 7 heteroatoms. The predicted molar refractivity (Wildman–Crippen MR) is 111 cm³/mol. The van der Waals surface area contributed by atoms with Gasteiger partial charge in [0.1, 0.15) is 0 Å². The lowest BCUT2D eigenvalue weighted by molar-refractivity contribution is 0.0486. The molecule has 2 aromatic rings. The number of halogens is 2. The number of amides is 1. The van der Waals surface area contributed by atoms with E-state index in [1.165, 1.54) is 0 Å². The van der Waals surface area contributed by atoms with Crippen molar-refractivity contribution in [2.75, 3.05) is 26.6 Å². The van der Waals surface area contributed by atoms with Crippen LogP contribution in [0.5, 0.6) is 11.5 Å². The molecule has 27 heavy (non-hydrogen) atoms. The Morgan fingerprint density at radius 3 is 2.67 bits per heavy atom. The quantitative estimate of drug-likeness (QED) is 0.642. The number of carbonyl (C=O) groups is 1. The van der Waals surface area contributed by atoms with Gasteiger partial charge in [0.2, 0.25) is 6.79 Å². The Bertz CT molecular complexity index is 867. The Kier molecular flexibility index (Phi) is 5.48. The van der Waals surface area contributed by atoms with Crippen molar-refractivity contribution in [2.45, 2.75) is 18.3 Å². The molecule has 2 aliphatic rings. The molecule has 0 saturated carbocycles. The van der Waals surface area contributed by atoms with E-state index >= 15 is 0 Å². The lowest BCUT2D eigenvalue weighted by Gasteiger charge is -2.38. The van der Waals surface area contributed by atoms with Crippen LogP contribution in [0.1, 0.15) is 28.8 Å². The van der Waals surface area contributed by atoms with Gasteiger partial charge in [-0.3, -0.25) is 4.79 Å². The van der Waals surface area contributed by atoms with Crippen molar-refractivity contribution in [1.82, 2.24) is 5.32 Å². The largest absolute Gasteiger partial charge is 0.454 e. The van der Waals surface area contributed by atoms with E-state index in [0.717, 1.165) is 33.5 Å². The van der Waals surface area contributed by atoms with Gasteiger partial charge < -0.3 is 19.5 Å². The molecule has 1 amide bonds. The Morgan fingerprint density at radius 1 is 1.11 bits per heavy atom. The zero-order valence-electron chi connectivity index (χ0n) is 14.6. The molecule has 0 atom stereocenters. The summed E-state index contributed by atoms with van der Waals surface area (Å²) in [5, 5.41) is 3.74. The number of carbonyl (C=O) groups excluding carboxylic acids is 1. The molecular formula is C20H19ClINO4. The second-order valence-electron chi connectivity index (χ2n) is 6.77. The minimum atomic E-state index is -0.188. The van der Waals surface area contributed by atoms with Crippen LogP contribution in [0.3, 0.4) is 0 Å². The average Bonchev–Trinajstić information content (AvgIpc) is 3.15. The fraction of sp³-hybridized carbons (Fsp3) is 0.350. The monoisotopic (exact) mass is 499 g/mol. The first-order chi connectivity index (χ1) is 13.1. The molecule has 142 valence electrons. The van der Waals surface area contributed by atoms with Crippen LogP contribution in [-0.2, 0) is 10.2 Å². The summed E-state index contributed by atoms with van der Waals surface area (Å²) < 4.78 is 17.4. The van der Waals surface area contributed by atoms with Crippen molar-refractivity contribution in [2.24, 2.45) is 0 Å². The van der Waals surface area contributed by atoms with Gasteiger partial charge in [0.25, 0.3) is 5.91 Å². The summed E-state index contributed by atoms with van der Waals surface area (Å²) in [6.07, 6.45) is 1.68. The summed E-state index contributed by atoms with van der Waals surface area (Å²) in [6.45, 7) is 2.12. The zero-order chi connectivity index (χ0) is 18.9. The normalized spacial score (nSPS) is 17.6. The van der Waals surface area contributed by atoms with E-state index in [-0.39, 0.29) is 18.1 Å². The van der Waals surface area contributed by atoms with Crippen molar-refractivity contribution in [3.05, 3.63) is 56.1 Å². The maximum atomic E-state index is 12.7. The van der Waals surface area contributed by atoms with Crippen LogP contribution < -0.4 is 14.8 Å². The average molecular weight is 500 g/mol. The second-order valence-corrected chi connectivity index (χ2v) is 8.37. The van der Waals surface area contributed by atoms with Crippen LogP contribution in [0.15, 0.2) is 36.4 Å². The van der Waals surface area contributed by atoms with E-state index in [1.54, 1.807) is 18.2 Å². The van der Waals surface area contributed by atoms with E-state index in [0.29, 0.717) is 30.3 Å². The van der Waals surface area contributed by atoms with Crippen molar-refractivity contribution in [1.29, 1.82) is 0 Å². The Labute approximate surface area is 176 Å². The molecule has 1 N–H and O–H groups in total. The first-order valence-corrected chi connectivity index (χ1v) is 10.2. The highest BCUT2D eigenvalue weighted by atomic mass is 127. The van der Waals surface area contributed by atoms with Crippen LogP contribution in [-0.4, -0.2) is 32.5 Å². The Morgan fingerprint density at radius 2 is 1.89 bits per heavy atom. The highest BCUT2D eigenvalue weighted by Crippen LogP contribution is 2.40. The third-order valence-electron chi connectivity index (χ3n) is 5.20. The highest BCUT2D eigenvalue weighted by molar-refractivity contribution is 14.1. The van der Waals surface area contributed by atoms with Crippen LogP contribution in [0.2, 0.25) is 5.02 Å². The highest BCUT2D eigenvalue weighted by Gasteiger charge is 2.36. The van der Waals surface area contributed by atoms with Gasteiger partial charge in [-0.15, -0.1) is 0 Å². The SMILES string of the molecule is O=C(NCC1(c2ccc3c(c2)OCO3)CCOCC1)c1ccc(Cl)cc1I. The van der Waals surface area contributed by atoms with Gasteiger partial charge >= 0.3 is 0 Å². The van der Waals surface area contributed by atoms with Crippen LogP contribution >= 0.6 is 34.2 Å². The third kappa shape index (κ3) is 3.88. The molecule has 0 bridgehead atoms. The molecule has 2 aliphatic heterocycles. The summed E-state index contributed by atoms with van der Waals surface area (Å²) in [6, 6.07) is 11.3. The van der Waals surface area contributed by atoms with E-state index in [2.05, 4.69) is 34.0 Å². The lowest BCUT2D eigenvalue weighted by atomic mass is 9.74. The fourth-order valence-electron chi connectivity index (χ4n) is 3.57. The number of nitrogens with one attached hydrogen (secondary N) is 1. The predicted octanol–water partition coefficient (Wildman–Crippen LogP) is 4.15. The zero-order valence-corrected chi connectivity index (χ0v) is 17.5. The van der Waals surface area contributed by atoms with Gasteiger partial charge in [0.15, 0.2) is 11.5 Å². The summed E-state index contributed by atoms with van der Waals surface area (Å²) in [4.78, 5) is 12.7. The molecule has 1 saturated heterocycles. The topological polar surface area (TPSA) is 56.8 Å². The number of ether oxygens (including phenoxy) is 3. The summed E-state index contributed by atoms with van der Waals surface area (Å²) in [5.41, 5.74) is 1.58. The smallest absolute Gasteiger partial charge is 0.252 e. The van der Waals surface area contributed by atoms with Crippen molar-refractivity contribution < 1.29 is 19.0 Å². The van der Waals surface area contributed by atoms with E-state index in [1.807, 2.05) is 12.1 Å². The van der Waals surface area contributed by atoms with E-state index in [9.17, 15) is 4.79 Å². The summed E-state index contributed by atoms with van der Waals surface area (Å²) in [7, 11) is 0. The molecule has 0 aromatic heterocycles. The Balaban J connectivity index is 1.56. The van der Waals surface area contributed by atoms with Crippen LogP contribution in [0, 0.1) is 3.57 Å². The van der Waals surface area contributed by atoms with Crippen molar-refractivity contribution >= 4 is 40.1 Å². The maximum absolute atomic E-state index is 12.7. The minimum Gasteiger partial charge on any atom is -0.454 e. The summed E-state index contributed by atoms with van der Waals surface area (Å²) >= 11 is 8.13. The fourth-order valence-corrected chi connectivity index (χ4v) is 4.69. The van der Waals surface area contributed by atoms with Crippen LogP contribution in [0.4, 0.5) is 0 Å². The van der Waals surface area contributed by atoms with Gasteiger partial charge in [-0.05, 0) is 71.3 Å². The number of rotatable bonds is 4. The molecule has 1 fully saturated rings. The molecule has 0 aliphatic carbocycles. The number of benzene rings is 2. The number of fused-ring (bicyclic) bond motifs is 1. The minimum absolute atomic E-state index is 0.0947. The van der Waals surface area contributed by atoms with E-state index in [4.69, 9.17) is 25.8 Å². The van der Waals surface area contributed by atoms with Crippen molar-refractivity contribution in [3.63, 3.8) is 0 Å². The molecule has 2 aromatic carbocycles. The Hall–Kier alpha value is -1.51. The standard InChI is InChI=1S/C20H19ClINO4/c21-14-2-3-15(16(22)10-14)19(24)23-11-20(5-7-25-8-6-20)13-1-4-17-18(9-13)27-12-26-17/h1-4,9-10H,5-8,11-12H2,(H,23,24). The number of hydrogen-bond acceptors (Lipinski definition) is 4. The molecule has 0 unspecified atom stereocenters. The summed E-state index contributed by atoms with van der Waals surface area (Å²) in [5.74, 6) is 1.43. The molecule has 2 heterocycles. The van der Waals surface area contributed by atoms with Gasteiger partial charge in [-0.25, -0.2) is 0 Å². The van der Waals surface area contributed by atoms with E-state index < -0.39 is 0 Å². The molecule has 5 nitrogen and oxygen atoms in total. The van der Waals surface area contributed by atoms with Gasteiger partial charge in [-0.2, -0.15) is 0 Å². The molecule has 0 radical (unpaired) electrons. The number of hydrogen-bond donors (Lipinski definition) is 1. The van der Waals surface area contributed by atoms with Crippen LogP contribution in [0.25, 0.3) is 0 Å². The maximum Gasteiger partial charge on any atom is 0.252 e. The van der Waals surface area contributed by atoms with Gasteiger partial charge in [0, 0.05) is 33.8 Å². The first-order valence-electron chi connectivity index (χ1n) is 8.79. The van der Waals surface area contributed by atoms with Gasteiger partial charge in [0.05, 0.1) is 5.56 Å². The molecule has 0 spiro atoms. The second kappa shape index (κ2) is 7.85. The van der Waals surface area contributed by atoms with Crippen molar-refractivity contribution in [3.8, 4) is 11.5 Å². The third-order valence-corrected chi connectivity index (χ3v) is 6.33. The molecule has 4 rings (SSSR count).